The average Bonchev–Trinajstić information content (AvgIpc) is 3.01. The van der Waals surface area contributed by atoms with Crippen LogP contribution < -0.4 is 0 Å². The summed E-state index contributed by atoms with van der Waals surface area (Å²) in [4.78, 5) is 27.4. The summed E-state index contributed by atoms with van der Waals surface area (Å²) in [6.07, 6.45) is 6.31. The van der Waals surface area contributed by atoms with E-state index in [4.69, 9.17) is 12.8 Å². The molecular formula is C25H26N2O4S. The van der Waals surface area contributed by atoms with Gasteiger partial charge < -0.3 is 8.37 Å². The quantitative estimate of drug-likeness (QED) is 0.658. The molecule has 1 saturated heterocycles. The first-order valence-corrected chi connectivity index (χ1v) is 12.5. The lowest BCUT2D eigenvalue weighted by molar-refractivity contribution is -0.129. The third-order valence-corrected chi connectivity index (χ3v) is 8.35. The Balaban J connectivity index is 1.24. The summed E-state index contributed by atoms with van der Waals surface area (Å²) in [5.74, 6) is -0.572. The van der Waals surface area contributed by atoms with E-state index >= 15 is 0 Å². The lowest BCUT2D eigenvalue weighted by Crippen LogP contribution is -2.33. The summed E-state index contributed by atoms with van der Waals surface area (Å²) in [7, 11) is -2.78. The zero-order chi connectivity index (χ0) is 22.0. The van der Waals surface area contributed by atoms with Crippen LogP contribution in [-0.2, 0) is 24.5 Å². The van der Waals surface area contributed by atoms with Gasteiger partial charge in [-0.25, -0.2) is 9.59 Å². The molecule has 0 aliphatic carbocycles. The number of nitrogens with zero attached hydrogens (tertiary/aromatic N) is 2. The molecule has 2 aromatic rings. The van der Waals surface area contributed by atoms with Gasteiger partial charge in [0, 0.05) is 35.0 Å². The Labute approximate surface area is 189 Å². The van der Waals surface area contributed by atoms with E-state index in [0.717, 1.165) is 68.7 Å². The van der Waals surface area contributed by atoms with E-state index in [1.54, 1.807) is 0 Å². The van der Waals surface area contributed by atoms with Crippen molar-refractivity contribution < 1.29 is 18.0 Å². The molecule has 1 spiro atoms. The van der Waals surface area contributed by atoms with Gasteiger partial charge in [0.1, 0.15) is 4.90 Å². The fourth-order valence-electron chi connectivity index (χ4n) is 4.53. The predicted molar refractivity (Wildman–Crippen MR) is 124 cm³/mol. The van der Waals surface area contributed by atoms with Crippen molar-refractivity contribution in [2.24, 2.45) is 10.3 Å². The number of rotatable bonds is 5. The van der Waals surface area contributed by atoms with E-state index in [1.165, 1.54) is 5.56 Å². The van der Waals surface area contributed by atoms with Crippen molar-refractivity contribution in [3.8, 4) is 0 Å². The van der Waals surface area contributed by atoms with Crippen LogP contribution in [-0.4, -0.2) is 35.6 Å². The molecule has 32 heavy (non-hydrogen) atoms. The van der Waals surface area contributed by atoms with Gasteiger partial charge in [0.05, 0.1) is 5.71 Å². The molecule has 0 atom stereocenters. The van der Waals surface area contributed by atoms with Gasteiger partial charge in [0.25, 0.3) is 0 Å². The van der Waals surface area contributed by atoms with Gasteiger partial charge in [0.15, 0.2) is 0 Å². The first kappa shape index (κ1) is 21.0. The van der Waals surface area contributed by atoms with Crippen molar-refractivity contribution in [3.05, 3.63) is 77.9 Å². The van der Waals surface area contributed by atoms with Crippen LogP contribution in [0.4, 0.5) is 0 Å². The Morgan fingerprint density at radius 2 is 1.56 bits per heavy atom. The highest BCUT2D eigenvalue weighted by Gasteiger charge is 2.40. The van der Waals surface area contributed by atoms with Crippen molar-refractivity contribution in [3.63, 3.8) is 0 Å². The highest BCUT2D eigenvalue weighted by atomic mass is 32.3. The molecule has 5 rings (SSSR count). The minimum atomic E-state index is -2.78. The van der Waals surface area contributed by atoms with E-state index in [0.29, 0.717) is 10.8 Å². The predicted octanol–water partition coefficient (Wildman–Crippen LogP) is 4.75. The van der Waals surface area contributed by atoms with Crippen molar-refractivity contribution in [2.45, 2.75) is 37.1 Å². The maximum Gasteiger partial charge on any atom is 0.356 e. The van der Waals surface area contributed by atoms with Crippen molar-refractivity contribution in [2.75, 3.05) is 13.1 Å². The zero-order valence-corrected chi connectivity index (χ0v) is 18.6. The fourth-order valence-corrected chi connectivity index (χ4v) is 6.66. The van der Waals surface area contributed by atoms with Gasteiger partial charge >= 0.3 is 11.9 Å². The Bertz CT molecular complexity index is 1050. The van der Waals surface area contributed by atoms with Gasteiger partial charge in [-0.15, -0.1) is 4.40 Å². The first-order valence-electron chi connectivity index (χ1n) is 11.0. The zero-order valence-electron chi connectivity index (χ0n) is 17.8. The molecule has 7 heteroatoms. The van der Waals surface area contributed by atoms with Gasteiger partial charge in [-0.3, -0.25) is 4.90 Å². The number of hydrogen-bond donors (Lipinski definition) is 0. The molecule has 0 bridgehead atoms. The summed E-state index contributed by atoms with van der Waals surface area (Å²) in [5.41, 5.74) is 3.15. The number of fused-ring (bicyclic) bond motifs is 2. The number of hydrogen-bond acceptors (Lipinski definition) is 6. The largest absolute Gasteiger partial charge is 0.356 e. The normalized spacial score (nSPS) is 21.4. The molecule has 3 heterocycles. The van der Waals surface area contributed by atoms with Gasteiger partial charge in [-0.2, -0.15) is 0 Å². The number of piperidine rings is 1. The molecule has 0 amide bonds. The van der Waals surface area contributed by atoms with E-state index in [9.17, 15) is 9.59 Å². The van der Waals surface area contributed by atoms with E-state index < -0.39 is 22.7 Å². The average molecular weight is 451 g/mol. The van der Waals surface area contributed by atoms with Crippen LogP contribution in [0, 0.1) is 5.92 Å². The van der Waals surface area contributed by atoms with E-state index in [1.807, 2.05) is 24.3 Å². The highest BCUT2D eigenvalue weighted by Crippen LogP contribution is 2.65. The van der Waals surface area contributed by atoms with Crippen LogP contribution >= 0.6 is 10.8 Å². The summed E-state index contributed by atoms with van der Waals surface area (Å²) < 4.78 is 15.9. The standard InChI is InChI=1S/C25H26N2O4S/c28-24-12-13-25(29)31-32(30-24)23-9-5-4-8-21(23)22(26-32)11-10-19-14-16-27(17-15-19)18-20-6-2-1-3-7-20/h1-9,12-13,19H,10-11,14-18H2. The molecular weight excluding hydrogens is 424 g/mol. The third kappa shape index (κ3) is 4.36. The molecule has 3 aliphatic rings. The van der Waals surface area contributed by atoms with Crippen LogP contribution in [0.1, 0.15) is 36.8 Å². The lowest BCUT2D eigenvalue weighted by atomic mass is 9.90. The van der Waals surface area contributed by atoms with Gasteiger partial charge in [0.2, 0.25) is 0 Å². The fraction of sp³-hybridized carbons (Fsp3) is 0.320. The molecule has 0 saturated carbocycles. The van der Waals surface area contributed by atoms with Crippen molar-refractivity contribution in [1.82, 2.24) is 4.90 Å². The van der Waals surface area contributed by atoms with E-state index in [2.05, 4.69) is 35.2 Å². The molecule has 2 aromatic carbocycles. The maximum atomic E-state index is 12.1. The second kappa shape index (κ2) is 8.92. The topological polar surface area (TPSA) is 68.2 Å². The SMILES string of the molecule is O=C1C=CC(=O)OS2(N=C(CCC3CCN(Cc4ccccc4)CC3)c3ccccc32)O1. The second-order valence-corrected chi connectivity index (χ2v) is 10.3. The minimum absolute atomic E-state index is 0.601. The summed E-state index contributed by atoms with van der Waals surface area (Å²) in [5, 5.41) is 0. The van der Waals surface area contributed by atoms with Crippen LogP contribution in [0.2, 0.25) is 0 Å². The van der Waals surface area contributed by atoms with Crippen LogP contribution in [0.25, 0.3) is 0 Å². The Morgan fingerprint density at radius 1 is 0.906 bits per heavy atom. The first-order chi connectivity index (χ1) is 15.6. The molecule has 0 aromatic heterocycles. The summed E-state index contributed by atoms with van der Waals surface area (Å²) >= 11 is 0. The molecule has 0 unspecified atom stereocenters. The summed E-state index contributed by atoms with van der Waals surface area (Å²) in [6.45, 7) is 3.20. The smallest absolute Gasteiger partial charge is 0.316 e. The molecule has 3 aliphatic heterocycles. The van der Waals surface area contributed by atoms with Crippen molar-refractivity contribution >= 4 is 28.4 Å². The molecule has 0 radical (unpaired) electrons. The molecule has 166 valence electrons. The number of carbonyl (C=O) groups excluding carboxylic acids is 2. The Hall–Kier alpha value is -2.90. The number of benzene rings is 2. The second-order valence-electron chi connectivity index (χ2n) is 8.39. The van der Waals surface area contributed by atoms with Crippen molar-refractivity contribution in [1.29, 1.82) is 0 Å². The van der Waals surface area contributed by atoms with Crippen LogP contribution in [0.15, 0.2) is 76.0 Å². The van der Waals surface area contributed by atoms with Gasteiger partial charge in [-0.1, -0.05) is 48.5 Å². The van der Waals surface area contributed by atoms with E-state index in [-0.39, 0.29) is 0 Å². The Kier molecular flexibility index (Phi) is 5.85. The molecule has 0 N–H and O–H groups in total. The minimum Gasteiger partial charge on any atom is -0.316 e. The van der Waals surface area contributed by atoms with Crippen LogP contribution in [0.5, 0.6) is 0 Å². The highest BCUT2D eigenvalue weighted by molar-refractivity contribution is 8.25. The third-order valence-electron chi connectivity index (χ3n) is 6.20. The maximum absolute atomic E-state index is 12.1. The monoisotopic (exact) mass is 450 g/mol. The Morgan fingerprint density at radius 3 is 2.28 bits per heavy atom. The lowest BCUT2D eigenvalue weighted by Gasteiger charge is -2.32. The summed E-state index contributed by atoms with van der Waals surface area (Å²) in [6, 6.07) is 18.2. The molecule has 1 fully saturated rings. The number of carbonyl (C=O) groups is 2. The van der Waals surface area contributed by atoms with Crippen LogP contribution in [0.3, 0.4) is 0 Å². The van der Waals surface area contributed by atoms with Gasteiger partial charge in [-0.05, 0) is 56.3 Å². The number of likely N-dealkylation sites (tertiary alicyclic amines) is 1. The molecule has 6 nitrogen and oxygen atoms in total.